The minimum Gasteiger partial charge on any atom is -0.494 e. The molecular weight excluding hydrogens is 655 g/mol. The number of sulfone groups is 1. The average molecular weight is 740 g/mol. The minimum atomic E-state index is -3.68. The molecule has 0 aliphatic carbocycles. The van der Waals surface area contributed by atoms with E-state index in [0.717, 1.165) is 25.3 Å². The summed E-state index contributed by atoms with van der Waals surface area (Å²) in [6.45, 7) is 2.64. The largest absolute Gasteiger partial charge is 0.494 e. The first-order chi connectivity index (χ1) is 24.9. The average Bonchev–Trinajstić information content (AvgIpc) is 3.41. The molecule has 0 aliphatic heterocycles. The Morgan fingerprint density at radius 1 is 0.451 bits per heavy atom. The molecule has 0 bridgehead atoms. The Bertz CT molecular complexity index is 992. The Kier molecular flexibility index (Phi) is 32.4. The third-order valence-corrected chi connectivity index (χ3v) is 12.7. The zero-order valence-corrected chi connectivity index (χ0v) is 34.5. The van der Waals surface area contributed by atoms with Crippen LogP contribution in [0.25, 0.3) is 0 Å². The summed E-state index contributed by atoms with van der Waals surface area (Å²) in [5, 5.41) is 29.4. The van der Waals surface area contributed by atoms with Gasteiger partial charge < -0.3 is 15.3 Å². The molecule has 3 N–H and O–H groups in total. The topological polar surface area (TPSA) is 99.8 Å². The van der Waals surface area contributed by atoms with Gasteiger partial charge in [0.05, 0.1) is 5.75 Å². The van der Waals surface area contributed by atoms with Crippen molar-refractivity contribution in [3.8, 4) is 11.8 Å². The zero-order chi connectivity index (χ0) is 37.1. The van der Waals surface area contributed by atoms with E-state index in [4.69, 9.17) is 5.11 Å². The monoisotopic (exact) mass is 740 g/mol. The lowest BCUT2D eigenvalue weighted by Crippen LogP contribution is -2.07. The Labute approximate surface area is 316 Å². The SMILES string of the molecule is CCCCCCCCCCCCCCCCCCCCCCCCCCCCCCCCCCCCn1c(O)cc(S(=O)(=O)CCCCO)c1O. The summed E-state index contributed by atoms with van der Waals surface area (Å²) < 4.78 is 26.2. The summed E-state index contributed by atoms with van der Waals surface area (Å²) >= 11 is 0. The highest BCUT2D eigenvalue weighted by atomic mass is 32.2. The molecule has 0 saturated heterocycles. The van der Waals surface area contributed by atoms with E-state index in [1.807, 2.05) is 0 Å². The first-order valence-electron chi connectivity index (χ1n) is 22.4. The number of aromatic nitrogens is 1. The molecule has 1 rings (SSSR count). The Morgan fingerprint density at radius 2 is 0.745 bits per heavy atom. The number of aliphatic hydroxyl groups excluding tert-OH is 1. The minimum absolute atomic E-state index is 0.0620. The quantitative estimate of drug-likeness (QED) is 0.0582. The van der Waals surface area contributed by atoms with Gasteiger partial charge in [-0.15, -0.1) is 0 Å². The van der Waals surface area contributed by atoms with Gasteiger partial charge in [0.15, 0.2) is 15.7 Å². The first kappa shape index (κ1) is 47.8. The maximum absolute atomic E-state index is 12.5. The molecule has 51 heavy (non-hydrogen) atoms. The second kappa shape index (κ2) is 34.6. The van der Waals surface area contributed by atoms with Gasteiger partial charge in [-0.2, -0.15) is 0 Å². The van der Waals surface area contributed by atoms with Gasteiger partial charge in [0.2, 0.25) is 5.88 Å². The number of nitrogens with zero attached hydrogens (tertiary/aromatic N) is 1. The normalized spacial score (nSPS) is 12.0. The lowest BCUT2D eigenvalue weighted by atomic mass is 10.0. The molecular formula is C44H85NO5S. The van der Waals surface area contributed by atoms with E-state index in [-0.39, 0.29) is 29.0 Å². The predicted octanol–water partition coefficient (Wildman–Crippen LogP) is 13.7. The number of hydrogen-bond acceptors (Lipinski definition) is 5. The van der Waals surface area contributed by atoms with Gasteiger partial charge in [0.1, 0.15) is 4.90 Å². The summed E-state index contributed by atoms with van der Waals surface area (Å²) in [5.41, 5.74) is 0. The Hall–Kier alpha value is -1.21. The van der Waals surface area contributed by atoms with Gasteiger partial charge in [-0.3, -0.25) is 4.57 Å². The Morgan fingerprint density at radius 3 is 1.04 bits per heavy atom. The third kappa shape index (κ3) is 27.1. The van der Waals surface area contributed by atoms with Crippen LogP contribution in [0.2, 0.25) is 0 Å². The van der Waals surface area contributed by atoms with E-state index >= 15 is 0 Å². The summed E-state index contributed by atoms with van der Waals surface area (Å²) in [4.78, 5) is -0.209. The fourth-order valence-corrected chi connectivity index (χ4v) is 8.94. The van der Waals surface area contributed by atoms with Crippen LogP contribution < -0.4 is 0 Å². The number of unbranched alkanes of at least 4 members (excludes halogenated alkanes) is 34. The van der Waals surface area contributed by atoms with Gasteiger partial charge in [-0.05, 0) is 19.3 Å². The van der Waals surface area contributed by atoms with E-state index < -0.39 is 9.84 Å². The van der Waals surface area contributed by atoms with Crippen LogP contribution in [0.3, 0.4) is 0 Å². The first-order valence-corrected chi connectivity index (χ1v) is 24.0. The predicted molar refractivity (Wildman–Crippen MR) is 219 cm³/mol. The lowest BCUT2D eigenvalue weighted by Gasteiger charge is -2.08. The summed E-state index contributed by atoms with van der Waals surface area (Å²) in [6.07, 6.45) is 47.6. The molecule has 0 unspecified atom stereocenters. The van der Waals surface area contributed by atoms with Gasteiger partial charge in [-0.25, -0.2) is 8.42 Å². The molecule has 6 nitrogen and oxygen atoms in total. The molecule has 1 heterocycles. The highest BCUT2D eigenvalue weighted by Crippen LogP contribution is 2.33. The van der Waals surface area contributed by atoms with Crippen molar-refractivity contribution in [2.45, 2.75) is 250 Å². The van der Waals surface area contributed by atoms with Gasteiger partial charge in [0.25, 0.3) is 0 Å². The van der Waals surface area contributed by atoms with Gasteiger partial charge >= 0.3 is 0 Å². The third-order valence-electron chi connectivity index (χ3n) is 10.9. The van der Waals surface area contributed by atoms with Gasteiger partial charge in [0, 0.05) is 19.2 Å². The van der Waals surface area contributed by atoms with Crippen LogP contribution >= 0.6 is 0 Å². The summed E-state index contributed by atoms with van der Waals surface area (Å²) in [6, 6.07) is 1.15. The van der Waals surface area contributed by atoms with Crippen molar-refractivity contribution < 1.29 is 23.7 Å². The molecule has 0 aliphatic rings. The van der Waals surface area contributed by atoms with Gasteiger partial charge in [-0.1, -0.05) is 219 Å². The lowest BCUT2D eigenvalue weighted by molar-refractivity contribution is 0.287. The van der Waals surface area contributed by atoms with Crippen LogP contribution in [0.15, 0.2) is 11.0 Å². The van der Waals surface area contributed by atoms with Crippen molar-refractivity contribution in [1.82, 2.24) is 4.57 Å². The fourth-order valence-electron chi connectivity index (χ4n) is 7.46. The van der Waals surface area contributed by atoms with Crippen molar-refractivity contribution in [1.29, 1.82) is 0 Å². The molecule has 7 heteroatoms. The molecule has 0 atom stereocenters. The summed E-state index contributed by atoms with van der Waals surface area (Å²) in [5.74, 6) is -0.730. The van der Waals surface area contributed by atoms with Crippen molar-refractivity contribution in [2.75, 3.05) is 12.4 Å². The van der Waals surface area contributed by atoms with E-state index in [2.05, 4.69) is 6.92 Å². The van der Waals surface area contributed by atoms with Crippen LogP contribution in [-0.2, 0) is 16.4 Å². The molecule has 302 valence electrons. The molecule has 1 aromatic heterocycles. The van der Waals surface area contributed by atoms with Crippen molar-refractivity contribution >= 4 is 9.84 Å². The zero-order valence-electron chi connectivity index (χ0n) is 33.7. The smallest absolute Gasteiger partial charge is 0.213 e. The highest BCUT2D eigenvalue weighted by Gasteiger charge is 2.24. The van der Waals surface area contributed by atoms with E-state index in [0.29, 0.717) is 19.4 Å². The number of rotatable bonds is 40. The highest BCUT2D eigenvalue weighted by molar-refractivity contribution is 7.91. The van der Waals surface area contributed by atoms with Crippen molar-refractivity contribution in [3.63, 3.8) is 0 Å². The molecule has 1 aromatic rings. The van der Waals surface area contributed by atoms with Crippen molar-refractivity contribution in [2.24, 2.45) is 0 Å². The second-order valence-corrected chi connectivity index (χ2v) is 17.8. The Balaban J connectivity index is 1.77. The van der Waals surface area contributed by atoms with Crippen LogP contribution in [0.5, 0.6) is 11.8 Å². The van der Waals surface area contributed by atoms with Crippen LogP contribution in [0.4, 0.5) is 0 Å². The molecule has 0 saturated carbocycles. The number of aromatic hydroxyl groups is 2. The standard InChI is InChI=1S/C44H85NO5S/c1-2-3-4-5-6-7-8-9-10-11-12-13-14-15-16-17-18-19-20-21-22-23-24-25-26-27-28-29-30-31-32-33-34-35-38-45-43(47)41-42(44(45)48)51(49,50)40-37-36-39-46/h41,46-48H,2-40H2,1H3. The molecule has 0 fully saturated rings. The van der Waals surface area contributed by atoms with Crippen LogP contribution in [0, 0.1) is 0 Å². The maximum Gasteiger partial charge on any atom is 0.213 e. The van der Waals surface area contributed by atoms with Crippen LogP contribution in [0.1, 0.15) is 238 Å². The molecule has 0 radical (unpaired) electrons. The van der Waals surface area contributed by atoms with Crippen LogP contribution in [-0.4, -0.2) is 40.7 Å². The number of hydrogen-bond donors (Lipinski definition) is 3. The van der Waals surface area contributed by atoms with E-state index in [1.165, 1.54) is 204 Å². The second-order valence-electron chi connectivity index (χ2n) is 15.8. The summed E-state index contributed by atoms with van der Waals surface area (Å²) in [7, 11) is -3.68. The fraction of sp³-hybridized carbons (Fsp3) is 0.909. The maximum atomic E-state index is 12.5. The molecule has 0 aromatic carbocycles. The number of aliphatic hydroxyl groups is 1. The van der Waals surface area contributed by atoms with Crippen molar-refractivity contribution in [3.05, 3.63) is 6.07 Å². The van der Waals surface area contributed by atoms with E-state index in [1.54, 1.807) is 0 Å². The molecule has 0 amide bonds. The van der Waals surface area contributed by atoms with E-state index in [9.17, 15) is 18.6 Å². The molecule has 0 spiro atoms.